The monoisotopic (exact) mass is 431 g/mol. The van der Waals surface area contributed by atoms with Crippen LogP contribution in [0.3, 0.4) is 0 Å². The van der Waals surface area contributed by atoms with Gasteiger partial charge in [-0.1, -0.05) is 41.4 Å². The number of piperazine rings is 1. The summed E-state index contributed by atoms with van der Waals surface area (Å²) in [6, 6.07) is 9.23. The topological polar surface area (TPSA) is 61.9 Å². The molecule has 0 spiro atoms. The number of halogens is 2. The summed E-state index contributed by atoms with van der Waals surface area (Å²) in [6.45, 7) is -0.00280. The number of rotatable bonds is 4. The van der Waals surface area contributed by atoms with Crippen molar-refractivity contribution < 1.29 is 14.3 Å². The van der Waals surface area contributed by atoms with E-state index in [4.69, 9.17) is 27.9 Å². The molecule has 0 aliphatic carbocycles. The van der Waals surface area contributed by atoms with Crippen molar-refractivity contribution in [2.45, 2.75) is 13.0 Å². The molecule has 29 heavy (non-hydrogen) atoms. The molecule has 8 heteroatoms. The van der Waals surface area contributed by atoms with Gasteiger partial charge in [-0.15, -0.1) is 0 Å². The first-order valence-corrected chi connectivity index (χ1v) is 9.89. The van der Waals surface area contributed by atoms with Crippen LogP contribution in [0.25, 0.3) is 0 Å². The largest absolute Gasteiger partial charge is 0.487 e. The summed E-state index contributed by atoms with van der Waals surface area (Å²) in [5, 5.41) is 3.26. The van der Waals surface area contributed by atoms with Crippen molar-refractivity contribution >= 4 is 46.4 Å². The molecule has 0 saturated carbocycles. The Morgan fingerprint density at radius 2 is 2.00 bits per heavy atom. The van der Waals surface area contributed by atoms with Gasteiger partial charge < -0.3 is 15.0 Å². The van der Waals surface area contributed by atoms with E-state index >= 15 is 0 Å². The van der Waals surface area contributed by atoms with E-state index in [1.165, 1.54) is 10.5 Å². The third-order valence-electron chi connectivity index (χ3n) is 4.97. The van der Waals surface area contributed by atoms with E-state index < -0.39 is 0 Å². The van der Waals surface area contributed by atoms with E-state index in [1.807, 2.05) is 30.3 Å². The van der Waals surface area contributed by atoms with Gasteiger partial charge in [-0.25, -0.2) is 0 Å². The Labute approximate surface area is 178 Å². The lowest BCUT2D eigenvalue weighted by Gasteiger charge is -2.28. The van der Waals surface area contributed by atoms with Gasteiger partial charge in [-0.3, -0.25) is 14.5 Å². The van der Waals surface area contributed by atoms with Crippen LogP contribution in [0, 0.1) is 0 Å². The summed E-state index contributed by atoms with van der Waals surface area (Å²) >= 11 is 13.0. The molecular weight excluding hydrogens is 413 g/mol. The van der Waals surface area contributed by atoms with Crippen LogP contribution in [0.2, 0.25) is 10.0 Å². The number of hydrogen-bond acceptors (Lipinski definition) is 4. The van der Waals surface area contributed by atoms with E-state index in [0.29, 0.717) is 21.3 Å². The maximum absolute atomic E-state index is 12.2. The van der Waals surface area contributed by atoms with Crippen LogP contribution in [0.4, 0.5) is 11.4 Å². The zero-order chi connectivity index (χ0) is 20.5. The molecule has 2 amide bonds. The average Bonchev–Trinajstić information content (AvgIpc) is 2.70. The first-order chi connectivity index (χ1) is 14.0. The van der Waals surface area contributed by atoms with E-state index in [-0.39, 0.29) is 31.5 Å². The molecule has 0 unspecified atom stereocenters. The summed E-state index contributed by atoms with van der Waals surface area (Å²) in [5.41, 5.74) is 3.19. The highest BCUT2D eigenvalue weighted by Crippen LogP contribution is 2.38. The molecule has 1 N–H and O–H groups in total. The minimum Gasteiger partial charge on any atom is -0.487 e. The van der Waals surface area contributed by atoms with Gasteiger partial charge in [0.2, 0.25) is 11.8 Å². The lowest BCUT2D eigenvalue weighted by atomic mass is 10.1. The fraction of sp³-hybridized carbons (Fsp3) is 0.238. The maximum Gasteiger partial charge on any atom is 0.246 e. The summed E-state index contributed by atoms with van der Waals surface area (Å²) in [7, 11) is 1.97. The fourth-order valence-corrected chi connectivity index (χ4v) is 4.10. The summed E-state index contributed by atoms with van der Waals surface area (Å²) < 4.78 is 6.09. The zero-order valence-corrected chi connectivity index (χ0v) is 17.3. The molecule has 0 bridgehead atoms. The number of carbonyl (C=O) groups excluding carboxylic acids is 2. The Morgan fingerprint density at radius 3 is 2.83 bits per heavy atom. The van der Waals surface area contributed by atoms with Crippen molar-refractivity contribution in [2.75, 3.05) is 29.9 Å². The quantitative estimate of drug-likeness (QED) is 0.803. The van der Waals surface area contributed by atoms with Crippen LogP contribution in [-0.2, 0) is 22.6 Å². The number of carbonyl (C=O) groups is 2. The molecule has 2 aliphatic rings. The second-order valence-corrected chi connectivity index (χ2v) is 7.65. The van der Waals surface area contributed by atoms with Crippen molar-refractivity contribution in [1.82, 2.24) is 5.32 Å². The molecule has 150 valence electrons. The number of benzene rings is 2. The van der Waals surface area contributed by atoms with Crippen molar-refractivity contribution in [2.24, 2.45) is 0 Å². The predicted molar refractivity (Wildman–Crippen MR) is 114 cm³/mol. The van der Waals surface area contributed by atoms with Gasteiger partial charge in [-0.05, 0) is 30.2 Å². The molecular formula is C21H19Cl2N3O3. The third kappa shape index (κ3) is 3.78. The first-order valence-electron chi connectivity index (χ1n) is 9.14. The van der Waals surface area contributed by atoms with Crippen molar-refractivity contribution in [1.29, 1.82) is 0 Å². The molecule has 4 rings (SSSR count). The maximum atomic E-state index is 12.2. The number of nitrogens with one attached hydrogen (secondary N) is 1. The molecule has 0 atom stereocenters. The Kier molecular flexibility index (Phi) is 5.39. The number of amides is 2. The highest BCUT2D eigenvalue weighted by molar-refractivity contribution is 6.38. The van der Waals surface area contributed by atoms with Crippen molar-refractivity contribution in [3.63, 3.8) is 0 Å². The van der Waals surface area contributed by atoms with E-state index in [2.05, 4.69) is 17.5 Å². The van der Waals surface area contributed by atoms with Crippen LogP contribution >= 0.6 is 23.2 Å². The minimum atomic E-state index is -0.236. The molecule has 1 fully saturated rings. The number of ether oxygens (including phenoxy) is 1. The van der Waals surface area contributed by atoms with Crippen molar-refractivity contribution in [3.05, 3.63) is 63.8 Å². The lowest BCUT2D eigenvalue weighted by Crippen LogP contribution is -2.51. The molecule has 0 radical (unpaired) electrons. The standard InChI is InChI=1S/C21H19Cl2N3O3/c1-25-9-3-5-13-4-2-6-17(21(13)25)29-12-14-15(22)7-8-16(20(14)23)26-11-18(27)24-10-19(26)28/h2-4,6-9H,5,10-12H2,1H3,(H,24,27). The number of para-hydroxylation sites is 1. The van der Waals surface area contributed by atoms with Crippen LogP contribution in [0.5, 0.6) is 5.75 Å². The first kappa shape index (κ1) is 19.6. The van der Waals surface area contributed by atoms with Gasteiger partial charge in [-0.2, -0.15) is 0 Å². The van der Waals surface area contributed by atoms with E-state index in [0.717, 1.165) is 17.9 Å². The van der Waals surface area contributed by atoms with Gasteiger partial charge >= 0.3 is 0 Å². The Hall–Kier alpha value is -2.70. The molecule has 0 aromatic heterocycles. The second kappa shape index (κ2) is 7.97. The molecule has 6 nitrogen and oxygen atoms in total. The van der Waals surface area contributed by atoms with Gasteiger partial charge in [0.25, 0.3) is 0 Å². The molecule has 2 aliphatic heterocycles. The Morgan fingerprint density at radius 1 is 1.17 bits per heavy atom. The number of allylic oxidation sites excluding steroid dienone is 1. The van der Waals surface area contributed by atoms with Crippen LogP contribution in [0.15, 0.2) is 42.6 Å². The van der Waals surface area contributed by atoms with Crippen LogP contribution in [-0.4, -0.2) is 32.0 Å². The second-order valence-electron chi connectivity index (χ2n) is 6.87. The van der Waals surface area contributed by atoms with Crippen LogP contribution < -0.4 is 19.9 Å². The van der Waals surface area contributed by atoms with Crippen molar-refractivity contribution in [3.8, 4) is 5.75 Å². The highest BCUT2D eigenvalue weighted by Gasteiger charge is 2.27. The highest BCUT2D eigenvalue weighted by atomic mass is 35.5. The lowest BCUT2D eigenvalue weighted by molar-refractivity contribution is -0.128. The molecule has 2 heterocycles. The summed E-state index contributed by atoms with van der Waals surface area (Å²) in [4.78, 5) is 27.3. The average molecular weight is 432 g/mol. The van der Waals surface area contributed by atoms with Gasteiger partial charge in [0, 0.05) is 23.8 Å². The minimum absolute atomic E-state index is 0.0559. The molecule has 1 saturated heterocycles. The number of anilines is 2. The fourth-order valence-electron chi connectivity index (χ4n) is 3.51. The Bertz CT molecular complexity index is 1020. The Balaban J connectivity index is 1.62. The van der Waals surface area contributed by atoms with Gasteiger partial charge in [0.15, 0.2) is 0 Å². The van der Waals surface area contributed by atoms with Gasteiger partial charge in [0.1, 0.15) is 18.9 Å². The molecule has 2 aromatic rings. The summed E-state index contributed by atoms with van der Waals surface area (Å²) in [5.74, 6) is 0.256. The van der Waals surface area contributed by atoms with E-state index in [1.54, 1.807) is 12.1 Å². The predicted octanol–water partition coefficient (Wildman–Crippen LogP) is 3.54. The molecule has 2 aromatic carbocycles. The number of fused-ring (bicyclic) bond motifs is 1. The normalized spacial score (nSPS) is 16.0. The number of hydrogen-bond donors (Lipinski definition) is 1. The SMILES string of the molecule is CN1C=CCc2cccc(OCc3c(Cl)ccc(N4CC(=O)NCC4=O)c3Cl)c21. The third-order valence-corrected chi connectivity index (χ3v) is 5.75. The number of nitrogens with zero attached hydrogens (tertiary/aromatic N) is 2. The zero-order valence-electron chi connectivity index (χ0n) is 15.7. The smallest absolute Gasteiger partial charge is 0.246 e. The van der Waals surface area contributed by atoms with Crippen LogP contribution in [0.1, 0.15) is 11.1 Å². The van der Waals surface area contributed by atoms with E-state index in [9.17, 15) is 9.59 Å². The summed E-state index contributed by atoms with van der Waals surface area (Å²) in [6.07, 6.45) is 4.94. The van der Waals surface area contributed by atoms with Gasteiger partial charge in [0.05, 0.1) is 22.9 Å².